The molecule has 2 heterocycles. The first-order chi connectivity index (χ1) is 10.7. The van der Waals surface area contributed by atoms with Gasteiger partial charge in [0.05, 0.1) is 24.0 Å². The van der Waals surface area contributed by atoms with Gasteiger partial charge in [-0.05, 0) is 34.6 Å². The fourth-order valence-electron chi connectivity index (χ4n) is 2.06. The largest absolute Gasteiger partial charge is 0.455 e. The Labute approximate surface area is 134 Å². The molecule has 0 aliphatic carbocycles. The molecule has 8 heteroatoms. The second kappa shape index (κ2) is 6.23. The van der Waals surface area contributed by atoms with Gasteiger partial charge in [0.1, 0.15) is 5.60 Å². The van der Waals surface area contributed by atoms with E-state index in [1.54, 1.807) is 20.8 Å². The highest BCUT2D eigenvalue weighted by molar-refractivity contribution is 6.00. The van der Waals surface area contributed by atoms with Crippen LogP contribution in [0.15, 0.2) is 6.20 Å². The maximum absolute atomic E-state index is 12.2. The smallest absolute Gasteiger partial charge is 0.359 e. The predicted octanol–water partition coefficient (Wildman–Crippen LogP) is 1.89. The summed E-state index contributed by atoms with van der Waals surface area (Å²) in [7, 11) is 0. The third-order valence-electron chi connectivity index (χ3n) is 3.13. The van der Waals surface area contributed by atoms with Crippen molar-refractivity contribution in [3.8, 4) is 0 Å². The summed E-state index contributed by atoms with van der Waals surface area (Å²) in [5.74, 6) is -0.829. The van der Waals surface area contributed by atoms with Gasteiger partial charge < -0.3 is 10.1 Å². The molecule has 0 aliphatic heterocycles. The molecule has 0 aliphatic rings. The van der Waals surface area contributed by atoms with Crippen LogP contribution in [-0.4, -0.2) is 37.9 Å². The van der Waals surface area contributed by atoms with E-state index in [-0.39, 0.29) is 18.0 Å². The number of nitrogens with zero attached hydrogens (tertiary/aromatic N) is 2. The van der Waals surface area contributed by atoms with E-state index in [0.717, 1.165) is 17.0 Å². The number of anilines is 1. The molecule has 0 bridgehead atoms. The number of aryl methyl sites for hydroxylation is 2. The fourth-order valence-corrected chi connectivity index (χ4v) is 2.06. The number of nitrogens with one attached hydrogen (secondary N) is 3. The SMILES string of the molecule is Cc1n[nH]c(C)c1CC(=O)Nc1cn[nH]c1C(=O)OC(C)(C)C. The van der Waals surface area contributed by atoms with Crippen molar-refractivity contribution in [3.05, 3.63) is 28.8 Å². The highest BCUT2D eigenvalue weighted by atomic mass is 16.6. The number of carbonyl (C=O) groups excluding carboxylic acids is 2. The van der Waals surface area contributed by atoms with E-state index in [0.29, 0.717) is 5.69 Å². The second-order valence-electron chi connectivity index (χ2n) is 6.30. The summed E-state index contributed by atoms with van der Waals surface area (Å²) < 4.78 is 5.27. The molecular weight excluding hydrogens is 298 g/mol. The highest BCUT2D eigenvalue weighted by Crippen LogP contribution is 2.18. The lowest BCUT2D eigenvalue weighted by Crippen LogP contribution is -2.25. The summed E-state index contributed by atoms with van der Waals surface area (Å²) in [6, 6.07) is 0. The summed E-state index contributed by atoms with van der Waals surface area (Å²) in [5, 5.41) is 15.9. The van der Waals surface area contributed by atoms with Gasteiger partial charge in [-0.3, -0.25) is 15.0 Å². The quantitative estimate of drug-likeness (QED) is 0.745. The van der Waals surface area contributed by atoms with Gasteiger partial charge in [-0.1, -0.05) is 0 Å². The number of amides is 1. The zero-order chi connectivity index (χ0) is 17.2. The number of aromatic nitrogens is 4. The average Bonchev–Trinajstić information content (AvgIpc) is 2.98. The van der Waals surface area contributed by atoms with Gasteiger partial charge in [-0.2, -0.15) is 10.2 Å². The summed E-state index contributed by atoms with van der Waals surface area (Å²) in [5.41, 5.74) is 2.24. The van der Waals surface area contributed by atoms with E-state index in [4.69, 9.17) is 4.74 Å². The van der Waals surface area contributed by atoms with E-state index >= 15 is 0 Å². The van der Waals surface area contributed by atoms with Crippen molar-refractivity contribution in [2.75, 3.05) is 5.32 Å². The molecule has 8 nitrogen and oxygen atoms in total. The number of hydrogen-bond acceptors (Lipinski definition) is 5. The molecule has 0 saturated carbocycles. The van der Waals surface area contributed by atoms with Crippen LogP contribution in [0, 0.1) is 13.8 Å². The van der Waals surface area contributed by atoms with Crippen LogP contribution in [0.25, 0.3) is 0 Å². The Kier molecular flexibility index (Phi) is 4.53. The Morgan fingerprint density at radius 1 is 1.26 bits per heavy atom. The third-order valence-corrected chi connectivity index (χ3v) is 3.13. The van der Waals surface area contributed by atoms with Gasteiger partial charge in [0.25, 0.3) is 0 Å². The number of ether oxygens (including phenoxy) is 1. The molecule has 2 aromatic rings. The normalized spacial score (nSPS) is 11.3. The molecule has 1 amide bonds. The minimum absolute atomic E-state index is 0.119. The van der Waals surface area contributed by atoms with Gasteiger partial charge in [-0.25, -0.2) is 4.79 Å². The molecule has 0 aromatic carbocycles. The minimum atomic E-state index is -0.630. The van der Waals surface area contributed by atoms with E-state index < -0.39 is 11.6 Å². The number of rotatable bonds is 4. The van der Waals surface area contributed by atoms with Crippen LogP contribution in [0.2, 0.25) is 0 Å². The first-order valence-corrected chi connectivity index (χ1v) is 7.24. The molecule has 0 radical (unpaired) electrons. The van der Waals surface area contributed by atoms with Crippen LogP contribution in [0.4, 0.5) is 5.69 Å². The molecule has 2 aromatic heterocycles. The van der Waals surface area contributed by atoms with Crippen molar-refractivity contribution in [1.82, 2.24) is 20.4 Å². The number of esters is 1. The van der Waals surface area contributed by atoms with Crippen LogP contribution in [0.1, 0.15) is 48.2 Å². The van der Waals surface area contributed by atoms with Crippen molar-refractivity contribution < 1.29 is 14.3 Å². The van der Waals surface area contributed by atoms with E-state index in [2.05, 4.69) is 25.7 Å². The Morgan fingerprint density at radius 3 is 2.52 bits per heavy atom. The molecule has 0 atom stereocenters. The predicted molar refractivity (Wildman–Crippen MR) is 84.2 cm³/mol. The summed E-state index contributed by atoms with van der Waals surface area (Å²) >= 11 is 0. The van der Waals surface area contributed by atoms with Crippen LogP contribution in [-0.2, 0) is 16.0 Å². The Hall–Kier alpha value is -2.64. The first kappa shape index (κ1) is 16.7. The molecule has 0 saturated heterocycles. The summed E-state index contributed by atoms with van der Waals surface area (Å²) in [6.45, 7) is 8.99. The zero-order valence-corrected chi connectivity index (χ0v) is 13.9. The molecule has 124 valence electrons. The van der Waals surface area contributed by atoms with Crippen molar-refractivity contribution in [3.63, 3.8) is 0 Å². The topological polar surface area (TPSA) is 113 Å². The molecular formula is C15H21N5O3. The van der Waals surface area contributed by atoms with Gasteiger partial charge in [0, 0.05) is 11.3 Å². The van der Waals surface area contributed by atoms with Crippen molar-refractivity contribution in [2.45, 2.75) is 46.6 Å². The zero-order valence-electron chi connectivity index (χ0n) is 13.9. The van der Waals surface area contributed by atoms with Crippen LogP contribution < -0.4 is 5.32 Å². The monoisotopic (exact) mass is 319 g/mol. The number of carbonyl (C=O) groups is 2. The Bertz CT molecular complexity index is 704. The molecule has 3 N–H and O–H groups in total. The lowest BCUT2D eigenvalue weighted by atomic mass is 10.1. The van der Waals surface area contributed by atoms with Crippen LogP contribution in [0.5, 0.6) is 0 Å². The highest BCUT2D eigenvalue weighted by Gasteiger charge is 2.23. The minimum Gasteiger partial charge on any atom is -0.455 e. The van der Waals surface area contributed by atoms with E-state index in [1.807, 2.05) is 13.8 Å². The lowest BCUT2D eigenvalue weighted by Gasteiger charge is -2.19. The van der Waals surface area contributed by atoms with E-state index in [9.17, 15) is 9.59 Å². The van der Waals surface area contributed by atoms with Crippen molar-refractivity contribution in [2.24, 2.45) is 0 Å². The third kappa shape index (κ3) is 4.18. The first-order valence-electron chi connectivity index (χ1n) is 7.24. The standard InChI is InChI=1S/C15H21N5O3/c1-8-10(9(2)19-18-8)6-12(21)17-11-7-16-20-13(11)14(22)23-15(3,4)5/h7H,6H2,1-5H3,(H,16,20)(H,17,21)(H,18,19). The van der Waals surface area contributed by atoms with Crippen molar-refractivity contribution in [1.29, 1.82) is 0 Å². The van der Waals surface area contributed by atoms with E-state index in [1.165, 1.54) is 6.20 Å². The maximum atomic E-state index is 12.2. The Morgan fingerprint density at radius 2 is 1.96 bits per heavy atom. The summed E-state index contributed by atoms with van der Waals surface area (Å²) in [4.78, 5) is 24.3. The second-order valence-corrected chi connectivity index (χ2v) is 6.30. The maximum Gasteiger partial charge on any atom is 0.359 e. The van der Waals surface area contributed by atoms with Gasteiger partial charge >= 0.3 is 5.97 Å². The van der Waals surface area contributed by atoms with Crippen LogP contribution in [0.3, 0.4) is 0 Å². The van der Waals surface area contributed by atoms with Crippen LogP contribution >= 0.6 is 0 Å². The molecule has 0 unspecified atom stereocenters. The summed E-state index contributed by atoms with van der Waals surface area (Å²) in [6.07, 6.45) is 1.54. The lowest BCUT2D eigenvalue weighted by molar-refractivity contribution is -0.115. The van der Waals surface area contributed by atoms with Gasteiger partial charge in [-0.15, -0.1) is 0 Å². The van der Waals surface area contributed by atoms with Crippen molar-refractivity contribution >= 4 is 17.6 Å². The van der Waals surface area contributed by atoms with Gasteiger partial charge in [0.15, 0.2) is 5.69 Å². The fraction of sp³-hybridized carbons (Fsp3) is 0.467. The molecule has 0 spiro atoms. The molecule has 23 heavy (non-hydrogen) atoms. The van der Waals surface area contributed by atoms with Gasteiger partial charge in [0.2, 0.25) is 5.91 Å². The molecule has 0 fully saturated rings. The molecule has 2 rings (SSSR count). The number of hydrogen-bond donors (Lipinski definition) is 3. The number of H-pyrrole nitrogens is 2. The number of aromatic amines is 2. The average molecular weight is 319 g/mol. The Balaban J connectivity index is 2.08.